The molecule has 0 radical (unpaired) electrons. The Balaban J connectivity index is 2.31. The molecule has 2 aromatic carbocycles. The van der Waals surface area contributed by atoms with E-state index in [1.54, 1.807) is 24.3 Å². The van der Waals surface area contributed by atoms with Crippen molar-refractivity contribution in [2.45, 2.75) is 0 Å². The fourth-order valence-electron chi connectivity index (χ4n) is 2.84. The van der Waals surface area contributed by atoms with E-state index >= 15 is 0 Å². The quantitative estimate of drug-likeness (QED) is 0.749. The molecule has 0 atom stereocenters. The van der Waals surface area contributed by atoms with Crippen LogP contribution in [0.5, 0.6) is 11.5 Å². The van der Waals surface area contributed by atoms with Gasteiger partial charge in [-0.25, -0.2) is 13.8 Å². The molecular weight excluding hydrogens is 352 g/mol. The molecule has 0 fully saturated rings. The summed E-state index contributed by atoms with van der Waals surface area (Å²) < 4.78 is 37.9. The Kier molecular flexibility index (Phi) is 4.90. The minimum Gasteiger partial charge on any atom is -0.493 e. The third-order valence-corrected chi connectivity index (χ3v) is 4.01. The van der Waals surface area contributed by atoms with Crippen LogP contribution in [0.1, 0.15) is 5.56 Å². The van der Waals surface area contributed by atoms with Crippen molar-refractivity contribution in [3.8, 4) is 40.0 Å². The minimum atomic E-state index is -0.741. The van der Waals surface area contributed by atoms with Crippen molar-refractivity contribution >= 4 is 5.82 Å². The van der Waals surface area contributed by atoms with E-state index in [1.807, 2.05) is 6.07 Å². The van der Waals surface area contributed by atoms with E-state index in [0.717, 1.165) is 18.2 Å². The SMILES string of the molecule is COc1cccc(-c2cc(-c3cc(F)cc(F)c3)nc(N)c2C#N)c1OC. The van der Waals surface area contributed by atoms with Gasteiger partial charge in [-0.05, 0) is 24.3 Å². The van der Waals surface area contributed by atoms with Crippen molar-refractivity contribution in [1.82, 2.24) is 4.98 Å². The third kappa shape index (κ3) is 3.37. The van der Waals surface area contributed by atoms with E-state index < -0.39 is 11.6 Å². The third-order valence-electron chi connectivity index (χ3n) is 4.01. The number of pyridine rings is 1. The molecule has 5 nitrogen and oxygen atoms in total. The maximum Gasteiger partial charge on any atom is 0.168 e. The first kappa shape index (κ1) is 18.1. The molecule has 0 unspecified atom stereocenters. The van der Waals surface area contributed by atoms with Gasteiger partial charge in [0.2, 0.25) is 0 Å². The summed E-state index contributed by atoms with van der Waals surface area (Å²) >= 11 is 0. The maximum atomic E-state index is 13.6. The van der Waals surface area contributed by atoms with Crippen LogP contribution in [0, 0.1) is 23.0 Å². The van der Waals surface area contributed by atoms with Crippen LogP contribution in [-0.4, -0.2) is 19.2 Å². The van der Waals surface area contributed by atoms with Crippen LogP contribution in [0.25, 0.3) is 22.4 Å². The molecule has 7 heteroatoms. The number of nitrogens with zero attached hydrogens (tertiary/aromatic N) is 2. The molecule has 0 amide bonds. The molecule has 0 saturated carbocycles. The van der Waals surface area contributed by atoms with Crippen molar-refractivity contribution in [2.75, 3.05) is 20.0 Å². The standard InChI is InChI=1S/C20H15F2N3O2/c1-26-18-5-3-4-14(19(18)27-2)15-9-17(25-20(24)16(15)10-23)11-6-12(21)8-13(22)7-11/h3-9H,1-2H3,(H2,24,25). The average molecular weight is 367 g/mol. The first-order chi connectivity index (χ1) is 13.0. The lowest BCUT2D eigenvalue weighted by Gasteiger charge is -2.15. The molecule has 0 bridgehead atoms. The fraction of sp³-hybridized carbons (Fsp3) is 0.100. The Morgan fingerprint density at radius 1 is 1.00 bits per heavy atom. The summed E-state index contributed by atoms with van der Waals surface area (Å²) in [6.07, 6.45) is 0. The topological polar surface area (TPSA) is 81.2 Å². The number of benzene rings is 2. The molecule has 2 N–H and O–H groups in total. The Morgan fingerprint density at radius 3 is 2.30 bits per heavy atom. The molecule has 27 heavy (non-hydrogen) atoms. The Hall–Kier alpha value is -3.66. The van der Waals surface area contributed by atoms with Crippen LogP contribution in [0.15, 0.2) is 42.5 Å². The fourth-order valence-corrected chi connectivity index (χ4v) is 2.84. The van der Waals surface area contributed by atoms with Crippen molar-refractivity contribution in [3.63, 3.8) is 0 Å². The number of halogens is 2. The number of methoxy groups -OCH3 is 2. The molecule has 1 heterocycles. The van der Waals surface area contributed by atoms with Crippen LogP contribution in [0.2, 0.25) is 0 Å². The van der Waals surface area contributed by atoms with Crippen LogP contribution in [0.4, 0.5) is 14.6 Å². The number of rotatable bonds is 4. The second-order valence-corrected chi connectivity index (χ2v) is 5.63. The largest absolute Gasteiger partial charge is 0.493 e. The predicted octanol–water partition coefficient (Wildman–Crippen LogP) is 4.16. The van der Waals surface area contributed by atoms with Gasteiger partial charge in [-0.3, -0.25) is 0 Å². The van der Waals surface area contributed by atoms with Gasteiger partial charge < -0.3 is 15.2 Å². The summed E-state index contributed by atoms with van der Waals surface area (Å²) in [7, 11) is 2.97. The summed E-state index contributed by atoms with van der Waals surface area (Å²) in [5, 5.41) is 9.54. The zero-order valence-electron chi connectivity index (χ0n) is 14.6. The van der Waals surface area contributed by atoms with Crippen LogP contribution < -0.4 is 15.2 Å². The lowest BCUT2D eigenvalue weighted by atomic mass is 9.97. The van der Waals surface area contributed by atoms with E-state index in [-0.39, 0.29) is 22.6 Å². The second-order valence-electron chi connectivity index (χ2n) is 5.63. The van der Waals surface area contributed by atoms with Gasteiger partial charge in [0.1, 0.15) is 29.1 Å². The van der Waals surface area contributed by atoms with Crippen molar-refractivity contribution in [1.29, 1.82) is 5.26 Å². The normalized spacial score (nSPS) is 10.3. The number of hydrogen-bond donors (Lipinski definition) is 1. The van der Waals surface area contributed by atoms with Gasteiger partial charge in [0, 0.05) is 22.8 Å². The molecule has 3 aromatic rings. The highest BCUT2D eigenvalue weighted by Gasteiger charge is 2.19. The van der Waals surface area contributed by atoms with Gasteiger partial charge in [-0.1, -0.05) is 12.1 Å². The monoisotopic (exact) mass is 367 g/mol. The van der Waals surface area contributed by atoms with Gasteiger partial charge >= 0.3 is 0 Å². The number of nitrogen functional groups attached to an aromatic ring is 1. The summed E-state index contributed by atoms with van der Waals surface area (Å²) in [5.74, 6) is -0.670. The molecule has 0 saturated heterocycles. The van der Waals surface area contributed by atoms with Gasteiger partial charge in [0.05, 0.1) is 19.9 Å². The number of nitrogens with two attached hydrogens (primary N) is 1. The molecule has 0 aliphatic carbocycles. The summed E-state index contributed by atoms with van der Waals surface area (Å²) in [6.45, 7) is 0. The first-order valence-electron chi connectivity index (χ1n) is 7.87. The highest BCUT2D eigenvalue weighted by molar-refractivity contribution is 5.84. The first-order valence-corrected chi connectivity index (χ1v) is 7.87. The summed E-state index contributed by atoms with van der Waals surface area (Å²) in [4.78, 5) is 4.13. The zero-order chi connectivity index (χ0) is 19.6. The predicted molar refractivity (Wildman–Crippen MR) is 97.3 cm³/mol. The van der Waals surface area contributed by atoms with E-state index in [4.69, 9.17) is 15.2 Å². The van der Waals surface area contributed by atoms with Crippen LogP contribution in [0.3, 0.4) is 0 Å². The minimum absolute atomic E-state index is 0.0560. The molecule has 3 rings (SSSR count). The number of nitriles is 1. The van der Waals surface area contributed by atoms with Crippen LogP contribution in [-0.2, 0) is 0 Å². The van der Waals surface area contributed by atoms with Gasteiger partial charge in [-0.15, -0.1) is 0 Å². The average Bonchev–Trinajstić information content (AvgIpc) is 2.65. The van der Waals surface area contributed by atoms with Crippen molar-refractivity contribution < 1.29 is 18.3 Å². The van der Waals surface area contributed by atoms with Gasteiger partial charge in [-0.2, -0.15) is 5.26 Å². The lowest BCUT2D eigenvalue weighted by molar-refractivity contribution is 0.356. The number of para-hydroxylation sites is 1. The number of ether oxygens (including phenoxy) is 2. The molecular formula is C20H15F2N3O2. The second kappa shape index (κ2) is 7.30. The highest BCUT2D eigenvalue weighted by Crippen LogP contribution is 2.41. The Bertz CT molecular complexity index is 1040. The molecule has 0 spiro atoms. The Labute approximate surface area is 154 Å². The number of hydrogen-bond acceptors (Lipinski definition) is 5. The summed E-state index contributed by atoms with van der Waals surface area (Å²) in [6, 6.07) is 11.8. The van der Waals surface area contributed by atoms with Gasteiger partial charge in [0.15, 0.2) is 11.5 Å². The highest BCUT2D eigenvalue weighted by atomic mass is 19.1. The van der Waals surface area contributed by atoms with Crippen molar-refractivity contribution in [3.05, 3.63) is 59.7 Å². The number of aromatic nitrogens is 1. The number of anilines is 1. The lowest BCUT2D eigenvalue weighted by Crippen LogP contribution is -2.01. The van der Waals surface area contributed by atoms with E-state index in [2.05, 4.69) is 4.98 Å². The molecule has 1 aromatic heterocycles. The van der Waals surface area contributed by atoms with E-state index in [9.17, 15) is 14.0 Å². The molecule has 0 aliphatic heterocycles. The smallest absolute Gasteiger partial charge is 0.168 e. The Morgan fingerprint density at radius 2 is 1.70 bits per heavy atom. The van der Waals surface area contributed by atoms with E-state index in [1.165, 1.54) is 14.2 Å². The molecule has 0 aliphatic rings. The maximum absolute atomic E-state index is 13.6. The van der Waals surface area contributed by atoms with Gasteiger partial charge in [0.25, 0.3) is 0 Å². The van der Waals surface area contributed by atoms with Crippen molar-refractivity contribution in [2.24, 2.45) is 0 Å². The van der Waals surface area contributed by atoms with E-state index in [0.29, 0.717) is 22.6 Å². The summed E-state index contributed by atoms with van der Waals surface area (Å²) in [5.41, 5.74) is 7.47. The van der Waals surface area contributed by atoms with Crippen LogP contribution >= 0.6 is 0 Å². The zero-order valence-corrected chi connectivity index (χ0v) is 14.6. The molecule has 136 valence electrons.